The highest BCUT2D eigenvalue weighted by Gasteiger charge is 2.49. The number of amides is 1. The van der Waals surface area contributed by atoms with Crippen molar-refractivity contribution < 1.29 is 9.59 Å². The third-order valence-corrected chi connectivity index (χ3v) is 6.80. The van der Waals surface area contributed by atoms with Crippen LogP contribution in [0.2, 0.25) is 0 Å². The van der Waals surface area contributed by atoms with Crippen LogP contribution in [0.3, 0.4) is 0 Å². The van der Waals surface area contributed by atoms with E-state index >= 15 is 0 Å². The van der Waals surface area contributed by atoms with E-state index in [2.05, 4.69) is 34.8 Å². The van der Waals surface area contributed by atoms with Crippen LogP contribution < -0.4 is 16.0 Å². The molecule has 7 heteroatoms. The van der Waals surface area contributed by atoms with Gasteiger partial charge < -0.3 is 10.6 Å². The minimum Gasteiger partial charge on any atom is -0.372 e. The lowest BCUT2D eigenvalue weighted by Crippen LogP contribution is -2.67. The fraction of sp³-hybridized carbons (Fsp3) is 0.571. The number of ketones is 1. The highest BCUT2D eigenvalue weighted by atomic mass is 32.2. The molecule has 0 bridgehead atoms. The molecule has 3 heterocycles. The first-order valence-corrected chi connectivity index (χ1v) is 11.2. The van der Waals surface area contributed by atoms with E-state index in [1.807, 2.05) is 12.1 Å². The van der Waals surface area contributed by atoms with Gasteiger partial charge in [0.25, 0.3) is 0 Å². The van der Waals surface area contributed by atoms with Crippen LogP contribution in [0.5, 0.6) is 0 Å². The van der Waals surface area contributed by atoms with E-state index in [1.54, 1.807) is 24.2 Å². The summed E-state index contributed by atoms with van der Waals surface area (Å²) in [4.78, 5) is 30.2. The predicted octanol–water partition coefficient (Wildman–Crippen LogP) is 2.50. The van der Waals surface area contributed by atoms with Gasteiger partial charge in [0.15, 0.2) is 5.78 Å². The zero-order valence-corrected chi connectivity index (χ0v) is 17.2. The fourth-order valence-electron chi connectivity index (χ4n) is 4.35. The van der Waals surface area contributed by atoms with Crippen molar-refractivity contribution in [3.8, 4) is 0 Å². The molecule has 0 radical (unpaired) electrons. The van der Waals surface area contributed by atoms with Crippen molar-refractivity contribution >= 4 is 23.5 Å². The summed E-state index contributed by atoms with van der Waals surface area (Å²) in [5, 5.41) is 10.2. The molecule has 0 spiro atoms. The van der Waals surface area contributed by atoms with Gasteiger partial charge in [-0.25, -0.2) is 0 Å². The molecule has 1 saturated heterocycles. The SMILES string of the molecule is CC(C)CCSC1NC(=O)C2C(NC3=C(C(=O)CCC3)C2c2cccnc2)N1. The van der Waals surface area contributed by atoms with E-state index in [0.29, 0.717) is 12.3 Å². The Morgan fingerprint density at radius 2 is 2.11 bits per heavy atom. The molecule has 1 aromatic heterocycles. The lowest BCUT2D eigenvalue weighted by molar-refractivity contribution is -0.130. The van der Waals surface area contributed by atoms with Crippen molar-refractivity contribution in [1.82, 2.24) is 20.9 Å². The molecular weight excluding hydrogens is 372 g/mol. The van der Waals surface area contributed by atoms with Crippen LogP contribution in [0.1, 0.15) is 51.0 Å². The summed E-state index contributed by atoms with van der Waals surface area (Å²) >= 11 is 1.73. The smallest absolute Gasteiger partial charge is 0.229 e. The zero-order chi connectivity index (χ0) is 19.7. The number of pyridine rings is 1. The maximum Gasteiger partial charge on any atom is 0.229 e. The second-order valence-corrected chi connectivity index (χ2v) is 9.40. The summed E-state index contributed by atoms with van der Waals surface area (Å²) in [7, 11) is 0. The molecule has 4 atom stereocenters. The Balaban J connectivity index is 1.63. The van der Waals surface area contributed by atoms with E-state index in [9.17, 15) is 9.59 Å². The first-order chi connectivity index (χ1) is 13.5. The Kier molecular flexibility index (Phi) is 5.73. The second-order valence-electron chi connectivity index (χ2n) is 8.19. The van der Waals surface area contributed by atoms with Gasteiger partial charge >= 0.3 is 0 Å². The molecule has 0 saturated carbocycles. The number of carbonyl (C=O) groups excluding carboxylic acids is 2. The molecule has 3 N–H and O–H groups in total. The van der Waals surface area contributed by atoms with E-state index in [-0.39, 0.29) is 35.2 Å². The summed E-state index contributed by atoms with van der Waals surface area (Å²) in [6, 6.07) is 3.85. The minimum atomic E-state index is -0.369. The molecule has 3 aliphatic rings. The highest BCUT2D eigenvalue weighted by molar-refractivity contribution is 7.99. The average molecular weight is 401 g/mol. The first-order valence-electron chi connectivity index (χ1n) is 10.2. The van der Waals surface area contributed by atoms with Crippen LogP contribution in [0.4, 0.5) is 0 Å². The van der Waals surface area contributed by atoms with Gasteiger partial charge in [0.1, 0.15) is 5.50 Å². The number of allylic oxidation sites excluding steroid dienone is 2. The van der Waals surface area contributed by atoms with Gasteiger partial charge in [0.2, 0.25) is 5.91 Å². The normalized spacial score (nSPS) is 29.8. The maximum atomic E-state index is 13.1. The number of Topliss-reactive ketones (excluding diaryl/α,β-unsaturated/α-hetero) is 1. The molecule has 1 aromatic rings. The van der Waals surface area contributed by atoms with Crippen LogP contribution in [0.15, 0.2) is 35.8 Å². The van der Waals surface area contributed by atoms with Crippen molar-refractivity contribution in [3.63, 3.8) is 0 Å². The number of nitrogens with one attached hydrogen (secondary N) is 3. The van der Waals surface area contributed by atoms with E-state index < -0.39 is 0 Å². The fourth-order valence-corrected chi connectivity index (χ4v) is 5.63. The van der Waals surface area contributed by atoms with E-state index in [0.717, 1.165) is 41.8 Å². The van der Waals surface area contributed by atoms with Crippen molar-refractivity contribution in [2.75, 3.05) is 5.75 Å². The molecule has 4 unspecified atom stereocenters. The summed E-state index contributed by atoms with van der Waals surface area (Å²) in [5.41, 5.74) is 2.60. The number of aromatic nitrogens is 1. The van der Waals surface area contributed by atoms with Gasteiger partial charge in [0, 0.05) is 36.0 Å². The summed E-state index contributed by atoms with van der Waals surface area (Å²) in [5.74, 6) is 1.16. The third-order valence-electron chi connectivity index (χ3n) is 5.75. The lowest BCUT2D eigenvalue weighted by atomic mass is 9.71. The predicted molar refractivity (Wildman–Crippen MR) is 110 cm³/mol. The Labute approximate surface area is 170 Å². The van der Waals surface area contributed by atoms with Gasteiger partial charge in [-0.2, -0.15) is 0 Å². The van der Waals surface area contributed by atoms with Gasteiger partial charge in [-0.1, -0.05) is 19.9 Å². The van der Waals surface area contributed by atoms with Crippen molar-refractivity contribution in [1.29, 1.82) is 0 Å². The van der Waals surface area contributed by atoms with Gasteiger partial charge in [-0.15, -0.1) is 11.8 Å². The summed E-state index contributed by atoms with van der Waals surface area (Å²) < 4.78 is 0. The Hall–Kier alpha value is -1.86. The van der Waals surface area contributed by atoms with Gasteiger partial charge in [0.05, 0.1) is 12.1 Å². The number of hydrogen-bond donors (Lipinski definition) is 3. The molecule has 28 heavy (non-hydrogen) atoms. The first kappa shape index (κ1) is 19.5. The molecule has 1 amide bonds. The molecule has 4 rings (SSSR count). The molecule has 1 fully saturated rings. The number of fused-ring (bicyclic) bond motifs is 1. The number of carbonyl (C=O) groups is 2. The molecule has 1 aliphatic carbocycles. The lowest BCUT2D eigenvalue weighted by Gasteiger charge is -2.47. The third kappa shape index (κ3) is 3.82. The van der Waals surface area contributed by atoms with E-state index in [1.165, 1.54) is 0 Å². The number of hydrogen-bond acceptors (Lipinski definition) is 6. The van der Waals surface area contributed by atoms with E-state index in [4.69, 9.17) is 0 Å². The zero-order valence-electron chi connectivity index (χ0n) is 16.4. The Morgan fingerprint density at radius 1 is 1.25 bits per heavy atom. The van der Waals surface area contributed by atoms with Crippen LogP contribution in [-0.4, -0.2) is 34.1 Å². The summed E-state index contributed by atoms with van der Waals surface area (Å²) in [6.45, 7) is 4.41. The Bertz CT molecular complexity index is 780. The standard InChI is InChI=1S/C21H28N4O2S/c1-12(2)8-10-28-21-24-19-18(20(27)25-21)16(13-5-4-9-22-11-13)17-14(23-19)6-3-7-15(17)26/h4-5,9,11-12,16,18-19,21,23-24H,3,6-8,10H2,1-2H3,(H,25,27). The van der Waals surface area contributed by atoms with Crippen LogP contribution >= 0.6 is 11.8 Å². The molecule has 6 nitrogen and oxygen atoms in total. The molecular formula is C21H28N4O2S. The molecule has 150 valence electrons. The van der Waals surface area contributed by atoms with Crippen LogP contribution in [0.25, 0.3) is 0 Å². The monoisotopic (exact) mass is 400 g/mol. The number of thioether (sulfide) groups is 1. The quantitative estimate of drug-likeness (QED) is 0.704. The topological polar surface area (TPSA) is 83.1 Å². The second kappa shape index (κ2) is 8.25. The number of nitrogens with zero attached hydrogens (tertiary/aromatic N) is 1. The largest absolute Gasteiger partial charge is 0.372 e. The molecule has 2 aliphatic heterocycles. The highest BCUT2D eigenvalue weighted by Crippen LogP contribution is 2.43. The van der Waals surface area contributed by atoms with Crippen molar-refractivity contribution in [3.05, 3.63) is 41.4 Å². The average Bonchev–Trinajstić information content (AvgIpc) is 2.67. The Morgan fingerprint density at radius 3 is 2.86 bits per heavy atom. The summed E-state index contributed by atoms with van der Waals surface area (Å²) in [6.07, 6.45) is 6.72. The van der Waals surface area contributed by atoms with Crippen LogP contribution in [-0.2, 0) is 9.59 Å². The maximum absolute atomic E-state index is 13.1. The van der Waals surface area contributed by atoms with Crippen LogP contribution in [0, 0.1) is 11.8 Å². The van der Waals surface area contributed by atoms with Crippen molar-refractivity contribution in [2.24, 2.45) is 11.8 Å². The van der Waals surface area contributed by atoms with Gasteiger partial charge in [-0.3, -0.25) is 19.9 Å². The minimum absolute atomic E-state index is 0.00271. The molecule has 0 aromatic carbocycles. The van der Waals surface area contributed by atoms with Gasteiger partial charge in [-0.05, 0) is 42.6 Å². The van der Waals surface area contributed by atoms with Crippen molar-refractivity contribution in [2.45, 2.75) is 57.1 Å². The number of rotatable bonds is 5.